The fourth-order valence-electron chi connectivity index (χ4n) is 2.23. The number of hydrogen-bond acceptors (Lipinski definition) is 4. The van der Waals surface area contributed by atoms with Crippen LogP contribution in [0.1, 0.15) is 6.42 Å². The van der Waals surface area contributed by atoms with Crippen molar-refractivity contribution >= 4 is 40.5 Å². The van der Waals surface area contributed by atoms with Gasteiger partial charge in [0.05, 0.1) is 28.4 Å². The predicted molar refractivity (Wildman–Crippen MR) is 81.4 cm³/mol. The molecule has 1 aliphatic rings. The van der Waals surface area contributed by atoms with Crippen molar-refractivity contribution in [2.24, 2.45) is 0 Å². The third kappa shape index (κ3) is 3.76. The zero-order valence-corrected chi connectivity index (χ0v) is 12.7. The molecular weight excluding hydrogens is 301 g/mol. The molecule has 1 aliphatic heterocycles. The number of carbonyl (C=O) groups excluding carboxylic acids is 1. The Kier molecular flexibility index (Phi) is 5.10. The number of ether oxygens (including phenoxy) is 1. The maximum Gasteiger partial charge on any atom is 0.238 e. The summed E-state index contributed by atoms with van der Waals surface area (Å²) >= 11 is 12.1. The number of anilines is 2. The second-order valence-corrected chi connectivity index (χ2v) is 5.60. The number of hydrogen-bond donors (Lipinski definition) is 2. The summed E-state index contributed by atoms with van der Waals surface area (Å²) < 4.78 is 5.26. The van der Waals surface area contributed by atoms with Crippen LogP contribution in [0, 0.1) is 0 Å². The van der Waals surface area contributed by atoms with Crippen LogP contribution in [0.4, 0.5) is 11.4 Å². The van der Waals surface area contributed by atoms with Gasteiger partial charge in [0.15, 0.2) is 0 Å². The van der Waals surface area contributed by atoms with E-state index in [0.717, 1.165) is 19.5 Å². The molecule has 0 bridgehead atoms. The molecule has 3 N–H and O–H groups in total. The van der Waals surface area contributed by atoms with Crippen molar-refractivity contribution in [2.75, 3.05) is 37.8 Å². The van der Waals surface area contributed by atoms with Crippen molar-refractivity contribution in [3.05, 3.63) is 22.2 Å². The number of amides is 1. The number of nitrogens with two attached hydrogens (primary N) is 1. The first kappa shape index (κ1) is 15.4. The highest BCUT2D eigenvalue weighted by Gasteiger charge is 2.24. The van der Waals surface area contributed by atoms with Gasteiger partial charge in [-0.3, -0.25) is 9.69 Å². The third-order valence-electron chi connectivity index (χ3n) is 3.26. The summed E-state index contributed by atoms with van der Waals surface area (Å²) in [6.07, 6.45) is 1.14. The molecule has 0 aliphatic carbocycles. The summed E-state index contributed by atoms with van der Waals surface area (Å²) in [6.45, 7) is 1.89. The predicted octanol–water partition coefficient (Wildman–Crippen LogP) is 2.23. The van der Waals surface area contributed by atoms with Gasteiger partial charge in [-0.05, 0) is 18.6 Å². The molecule has 0 radical (unpaired) electrons. The van der Waals surface area contributed by atoms with Crippen molar-refractivity contribution in [1.29, 1.82) is 0 Å². The van der Waals surface area contributed by atoms with Gasteiger partial charge in [-0.25, -0.2) is 0 Å². The van der Waals surface area contributed by atoms with Gasteiger partial charge in [0.1, 0.15) is 0 Å². The molecule has 110 valence electrons. The molecule has 20 heavy (non-hydrogen) atoms. The van der Waals surface area contributed by atoms with Crippen LogP contribution in [0.3, 0.4) is 0 Å². The topological polar surface area (TPSA) is 67.6 Å². The van der Waals surface area contributed by atoms with Crippen LogP contribution >= 0.6 is 23.2 Å². The molecule has 7 heteroatoms. The fourth-order valence-corrected chi connectivity index (χ4v) is 2.83. The van der Waals surface area contributed by atoms with Gasteiger partial charge in [0, 0.05) is 25.9 Å². The molecule has 1 fully saturated rings. The van der Waals surface area contributed by atoms with Crippen LogP contribution in [0.15, 0.2) is 12.1 Å². The zero-order chi connectivity index (χ0) is 14.7. The number of carbonyl (C=O) groups is 1. The van der Waals surface area contributed by atoms with Crippen LogP contribution in [0.25, 0.3) is 0 Å². The summed E-state index contributed by atoms with van der Waals surface area (Å²) in [5, 5.41) is 3.39. The Morgan fingerprint density at radius 2 is 2.15 bits per heavy atom. The van der Waals surface area contributed by atoms with E-state index in [-0.39, 0.29) is 18.6 Å². The maximum absolute atomic E-state index is 12.0. The fraction of sp³-hybridized carbons (Fsp3) is 0.462. The van der Waals surface area contributed by atoms with E-state index in [9.17, 15) is 4.79 Å². The minimum absolute atomic E-state index is 0.157. The second kappa shape index (κ2) is 6.63. The molecule has 0 saturated carbocycles. The van der Waals surface area contributed by atoms with Crippen molar-refractivity contribution < 1.29 is 9.53 Å². The Morgan fingerprint density at radius 1 is 1.50 bits per heavy atom. The smallest absolute Gasteiger partial charge is 0.238 e. The highest BCUT2D eigenvalue weighted by atomic mass is 35.5. The quantitative estimate of drug-likeness (QED) is 0.836. The number of benzene rings is 1. The summed E-state index contributed by atoms with van der Waals surface area (Å²) in [4.78, 5) is 14.0. The lowest BCUT2D eigenvalue weighted by Crippen LogP contribution is -2.32. The largest absolute Gasteiger partial charge is 0.399 e. The van der Waals surface area contributed by atoms with E-state index in [1.165, 1.54) is 0 Å². The summed E-state index contributed by atoms with van der Waals surface area (Å²) in [6, 6.07) is 3.11. The number of rotatable bonds is 4. The molecule has 1 amide bonds. The average molecular weight is 318 g/mol. The van der Waals surface area contributed by atoms with Crippen LogP contribution in [-0.4, -0.2) is 43.7 Å². The van der Waals surface area contributed by atoms with Gasteiger partial charge < -0.3 is 15.8 Å². The molecule has 1 aromatic rings. The Labute approximate surface area is 128 Å². The van der Waals surface area contributed by atoms with Gasteiger partial charge in [-0.15, -0.1) is 0 Å². The molecule has 2 rings (SSSR count). The molecular formula is C13H17Cl2N3O2. The standard InChI is InChI=1S/C13H17Cl2N3O2/c1-20-9-2-3-18(6-9)7-12(19)17-13-10(14)4-8(16)5-11(13)15/h4-5,9H,2-3,6-7,16H2,1H3,(H,17,19). The van der Waals surface area contributed by atoms with Gasteiger partial charge in [0.2, 0.25) is 5.91 Å². The van der Waals surface area contributed by atoms with E-state index in [1.807, 2.05) is 4.90 Å². The summed E-state index contributed by atoms with van der Waals surface area (Å²) in [7, 11) is 1.68. The number of nitrogen functional groups attached to an aromatic ring is 1. The number of halogens is 2. The normalized spacial score (nSPS) is 19.2. The van der Waals surface area contributed by atoms with Crippen molar-refractivity contribution in [2.45, 2.75) is 12.5 Å². The molecule has 1 atom stereocenters. The number of likely N-dealkylation sites (tertiary alicyclic amines) is 1. The minimum Gasteiger partial charge on any atom is -0.399 e. The van der Waals surface area contributed by atoms with E-state index < -0.39 is 0 Å². The van der Waals surface area contributed by atoms with E-state index >= 15 is 0 Å². The lowest BCUT2D eigenvalue weighted by molar-refractivity contribution is -0.117. The highest BCUT2D eigenvalue weighted by molar-refractivity contribution is 6.40. The Bertz CT molecular complexity index is 487. The molecule has 1 unspecified atom stereocenters. The Balaban J connectivity index is 1.95. The first-order valence-electron chi connectivity index (χ1n) is 6.29. The Morgan fingerprint density at radius 3 is 2.70 bits per heavy atom. The minimum atomic E-state index is -0.157. The number of nitrogens with zero attached hydrogens (tertiary/aromatic N) is 1. The molecule has 0 spiro atoms. The number of methoxy groups -OCH3 is 1. The van der Waals surface area contributed by atoms with Crippen LogP contribution in [0.5, 0.6) is 0 Å². The molecule has 1 saturated heterocycles. The van der Waals surface area contributed by atoms with Crippen LogP contribution in [0.2, 0.25) is 10.0 Å². The van der Waals surface area contributed by atoms with Crippen molar-refractivity contribution in [3.63, 3.8) is 0 Å². The first-order chi connectivity index (χ1) is 9.49. The van der Waals surface area contributed by atoms with E-state index in [4.69, 9.17) is 33.7 Å². The second-order valence-electron chi connectivity index (χ2n) is 4.79. The monoisotopic (exact) mass is 317 g/mol. The highest BCUT2D eigenvalue weighted by Crippen LogP contribution is 2.32. The third-order valence-corrected chi connectivity index (χ3v) is 3.85. The van der Waals surface area contributed by atoms with Crippen LogP contribution in [-0.2, 0) is 9.53 Å². The van der Waals surface area contributed by atoms with Crippen LogP contribution < -0.4 is 11.1 Å². The molecule has 5 nitrogen and oxygen atoms in total. The van der Waals surface area contributed by atoms with E-state index in [2.05, 4.69) is 5.32 Å². The SMILES string of the molecule is COC1CCN(CC(=O)Nc2c(Cl)cc(N)cc2Cl)C1. The van der Waals surface area contributed by atoms with Gasteiger partial charge >= 0.3 is 0 Å². The van der Waals surface area contributed by atoms with Gasteiger partial charge in [-0.1, -0.05) is 23.2 Å². The van der Waals surface area contributed by atoms with Gasteiger partial charge in [0.25, 0.3) is 0 Å². The molecule has 0 aromatic heterocycles. The van der Waals surface area contributed by atoms with Crippen molar-refractivity contribution in [3.8, 4) is 0 Å². The molecule has 1 aromatic carbocycles. The van der Waals surface area contributed by atoms with Gasteiger partial charge in [-0.2, -0.15) is 0 Å². The Hall–Kier alpha value is -1.01. The molecule has 1 heterocycles. The summed E-state index contributed by atoms with van der Waals surface area (Å²) in [5.41, 5.74) is 6.48. The lowest BCUT2D eigenvalue weighted by atomic mass is 10.2. The van der Waals surface area contributed by atoms with Crippen molar-refractivity contribution in [1.82, 2.24) is 4.90 Å². The van der Waals surface area contributed by atoms with E-state index in [0.29, 0.717) is 21.4 Å². The maximum atomic E-state index is 12.0. The van der Waals surface area contributed by atoms with E-state index in [1.54, 1.807) is 19.2 Å². The average Bonchev–Trinajstić information content (AvgIpc) is 2.81. The lowest BCUT2D eigenvalue weighted by Gasteiger charge is -2.16. The summed E-state index contributed by atoms with van der Waals surface area (Å²) in [5.74, 6) is -0.157. The number of nitrogens with one attached hydrogen (secondary N) is 1. The first-order valence-corrected chi connectivity index (χ1v) is 7.04. The zero-order valence-electron chi connectivity index (χ0n) is 11.2.